The molecule has 1 heterocycles. The van der Waals surface area contributed by atoms with Crippen LogP contribution in [0, 0.1) is 10.4 Å². The summed E-state index contributed by atoms with van der Waals surface area (Å²) in [4.78, 5) is 9.98. The van der Waals surface area contributed by atoms with Crippen molar-refractivity contribution in [3.8, 4) is 0 Å². The fourth-order valence-electron chi connectivity index (χ4n) is 1.48. The van der Waals surface area contributed by atoms with E-state index in [0.29, 0.717) is 24.7 Å². The lowest BCUT2D eigenvalue weighted by Gasteiger charge is -2.21. The SMILES string of the molecule is CCON=[N+]([O-])N(C)CON=[N+]([O-])N1CCCCC1. The first kappa shape index (κ1) is 15.1. The third kappa shape index (κ3) is 5.44. The van der Waals surface area contributed by atoms with Gasteiger partial charge in [0, 0.05) is 0 Å². The van der Waals surface area contributed by atoms with Crippen LogP contribution in [0.4, 0.5) is 0 Å². The highest BCUT2D eigenvalue weighted by Gasteiger charge is 2.17. The van der Waals surface area contributed by atoms with Crippen LogP contribution in [-0.2, 0) is 9.68 Å². The fraction of sp³-hybridized carbons (Fsp3) is 1.00. The van der Waals surface area contributed by atoms with Crippen LogP contribution in [0.2, 0.25) is 0 Å². The van der Waals surface area contributed by atoms with E-state index in [2.05, 4.69) is 15.4 Å². The minimum atomic E-state index is -0.202. The second kappa shape index (κ2) is 8.16. The van der Waals surface area contributed by atoms with Gasteiger partial charge in [0.1, 0.15) is 6.61 Å². The van der Waals surface area contributed by atoms with Gasteiger partial charge in [-0.1, -0.05) is 0 Å². The molecule has 0 unspecified atom stereocenters. The maximum atomic E-state index is 11.5. The van der Waals surface area contributed by atoms with E-state index in [0.717, 1.165) is 24.3 Å². The molecule has 0 aliphatic carbocycles. The van der Waals surface area contributed by atoms with Gasteiger partial charge in [0.2, 0.25) is 17.3 Å². The molecule has 0 saturated carbocycles. The first-order valence-electron chi connectivity index (χ1n) is 6.21. The number of piperidine rings is 1. The van der Waals surface area contributed by atoms with Crippen LogP contribution >= 0.6 is 0 Å². The van der Waals surface area contributed by atoms with E-state index in [1.165, 1.54) is 7.05 Å². The summed E-state index contributed by atoms with van der Waals surface area (Å²) >= 11 is 0. The minimum Gasteiger partial charge on any atom is -0.569 e. The molecule has 0 aromatic carbocycles. The van der Waals surface area contributed by atoms with E-state index in [1.807, 2.05) is 0 Å². The molecule has 0 amide bonds. The third-order valence-corrected chi connectivity index (χ3v) is 2.50. The molecule has 0 radical (unpaired) electrons. The lowest BCUT2D eigenvalue weighted by Crippen LogP contribution is -2.36. The van der Waals surface area contributed by atoms with Gasteiger partial charge in [-0.25, -0.2) is 0 Å². The molecule has 1 saturated heterocycles. The Morgan fingerprint density at radius 3 is 2.47 bits per heavy atom. The van der Waals surface area contributed by atoms with Crippen LogP contribution in [0.3, 0.4) is 0 Å². The van der Waals surface area contributed by atoms with Crippen molar-refractivity contribution in [2.75, 3.05) is 33.5 Å². The highest BCUT2D eigenvalue weighted by atomic mass is 16.7. The van der Waals surface area contributed by atoms with E-state index in [1.54, 1.807) is 11.9 Å². The van der Waals surface area contributed by atoms with Gasteiger partial charge in [0.25, 0.3) is 0 Å². The van der Waals surface area contributed by atoms with Crippen molar-refractivity contribution in [2.45, 2.75) is 26.2 Å². The fourth-order valence-corrected chi connectivity index (χ4v) is 1.48. The number of hydrogen-bond acceptors (Lipinski definition) is 6. The van der Waals surface area contributed by atoms with Crippen LogP contribution in [0.5, 0.6) is 0 Å². The van der Waals surface area contributed by atoms with Gasteiger partial charge < -0.3 is 20.1 Å². The average molecular weight is 276 g/mol. The normalized spacial score (nSPS) is 17.3. The molecule has 0 aromatic heterocycles. The van der Waals surface area contributed by atoms with Crippen molar-refractivity contribution in [2.24, 2.45) is 10.6 Å². The molecule has 0 bridgehead atoms. The summed E-state index contributed by atoms with van der Waals surface area (Å²) in [5.41, 5.74) is 0. The molecule has 0 aromatic rings. The number of rotatable bonds is 7. The van der Waals surface area contributed by atoms with Gasteiger partial charge in [0.15, 0.2) is 0 Å². The molecule has 0 N–H and O–H groups in total. The van der Waals surface area contributed by atoms with Gasteiger partial charge in [-0.15, -0.1) is 10.0 Å². The van der Waals surface area contributed by atoms with E-state index in [-0.39, 0.29) is 11.7 Å². The highest BCUT2D eigenvalue weighted by molar-refractivity contribution is 4.54. The van der Waals surface area contributed by atoms with Crippen molar-refractivity contribution in [1.29, 1.82) is 0 Å². The Kier molecular flexibility index (Phi) is 6.47. The van der Waals surface area contributed by atoms with Crippen LogP contribution in [-0.4, -0.2) is 53.4 Å². The summed E-state index contributed by atoms with van der Waals surface area (Å²) in [6.45, 7) is 3.13. The summed E-state index contributed by atoms with van der Waals surface area (Å²) in [6, 6.07) is 0. The predicted octanol–water partition coefficient (Wildman–Crippen LogP) is 1.000. The lowest BCUT2D eigenvalue weighted by atomic mass is 10.2. The summed E-state index contributed by atoms with van der Waals surface area (Å²) < 4.78 is 0. The molecule has 0 atom stereocenters. The lowest BCUT2D eigenvalue weighted by molar-refractivity contribution is -0.730. The van der Waals surface area contributed by atoms with E-state index in [4.69, 9.17) is 4.84 Å². The van der Waals surface area contributed by atoms with Crippen LogP contribution < -0.4 is 0 Å². The Morgan fingerprint density at radius 1 is 1.16 bits per heavy atom. The zero-order valence-electron chi connectivity index (χ0n) is 11.3. The van der Waals surface area contributed by atoms with E-state index >= 15 is 0 Å². The number of nitrogens with zero attached hydrogens (tertiary/aromatic N) is 6. The van der Waals surface area contributed by atoms with Crippen LogP contribution in [0.15, 0.2) is 10.6 Å². The second-order valence-electron chi connectivity index (χ2n) is 4.02. The topological polar surface area (TPSA) is 102 Å². The summed E-state index contributed by atoms with van der Waals surface area (Å²) in [5, 5.41) is 31.9. The standard InChI is InChI=1S/C9H20N6O4/c1-3-18-10-14(16)12(2)9-19-11-15(17)13-7-5-4-6-8-13/h3-9H2,1-2H3. The van der Waals surface area contributed by atoms with Gasteiger partial charge in [-0.05, 0) is 26.2 Å². The van der Waals surface area contributed by atoms with Crippen LogP contribution in [0.25, 0.3) is 0 Å². The molecule has 0 spiro atoms. The molecule has 10 heteroatoms. The predicted molar refractivity (Wildman–Crippen MR) is 62.9 cm³/mol. The maximum Gasteiger partial charge on any atom is 0.248 e. The maximum absolute atomic E-state index is 11.5. The molecular formula is C9H20N6O4. The molecule has 10 nitrogen and oxygen atoms in total. The third-order valence-electron chi connectivity index (χ3n) is 2.50. The van der Waals surface area contributed by atoms with Crippen LogP contribution in [0.1, 0.15) is 26.2 Å². The van der Waals surface area contributed by atoms with E-state index in [9.17, 15) is 10.4 Å². The van der Waals surface area contributed by atoms with Crippen molar-refractivity contribution >= 4 is 0 Å². The van der Waals surface area contributed by atoms with Crippen molar-refractivity contribution < 1.29 is 19.6 Å². The molecule has 1 fully saturated rings. The van der Waals surface area contributed by atoms with Gasteiger partial charge in [-0.2, -0.15) is 0 Å². The zero-order valence-corrected chi connectivity index (χ0v) is 11.3. The molecule has 1 aliphatic heterocycles. The minimum absolute atomic E-state index is 0.202. The van der Waals surface area contributed by atoms with Crippen molar-refractivity contribution in [1.82, 2.24) is 10.0 Å². The van der Waals surface area contributed by atoms with Gasteiger partial charge in [-0.3, -0.25) is 0 Å². The van der Waals surface area contributed by atoms with Crippen molar-refractivity contribution in [3.63, 3.8) is 0 Å². The summed E-state index contributed by atoms with van der Waals surface area (Å²) in [5.74, 6) is 0. The molecule has 1 aliphatic rings. The molecule has 110 valence electrons. The molecular weight excluding hydrogens is 256 g/mol. The Balaban J connectivity index is 2.31. The smallest absolute Gasteiger partial charge is 0.248 e. The average Bonchev–Trinajstić information content (AvgIpc) is 2.45. The highest BCUT2D eigenvalue weighted by Crippen LogP contribution is 2.08. The number of hydrazine groups is 2. The number of hydrogen-bond donors (Lipinski definition) is 0. The quantitative estimate of drug-likeness (QED) is 0.297. The van der Waals surface area contributed by atoms with E-state index < -0.39 is 0 Å². The first-order chi connectivity index (χ1) is 9.15. The Labute approximate surface area is 111 Å². The van der Waals surface area contributed by atoms with Gasteiger partial charge >= 0.3 is 0 Å². The Morgan fingerprint density at radius 2 is 1.84 bits per heavy atom. The molecule has 19 heavy (non-hydrogen) atoms. The van der Waals surface area contributed by atoms with Gasteiger partial charge in [0.05, 0.1) is 30.1 Å². The Bertz CT molecular complexity index is 318. The second-order valence-corrected chi connectivity index (χ2v) is 4.02. The monoisotopic (exact) mass is 276 g/mol. The summed E-state index contributed by atoms with van der Waals surface area (Å²) in [7, 11) is 1.43. The Hall–Kier alpha value is -2.00. The molecule has 1 rings (SSSR count). The van der Waals surface area contributed by atoms with Crippen molar-refractivity contribution in [3.05, 3.63) is 10.4 Å². The summed E-state index contributed by atoms with van der Waals surface area (Å²) in [6.07, 6.45) is 3.06. The largest absolute Gasteiger partial charge is 0.569 e. The first-order valence-corrected chi connectivity index (χ1v) is 6.21. The zero-order chi connectivity index (χ0) is 14.1.